The number of hydrogen-bond acceptors (Lipinski definition) is 2. The molecule has 2 heteroatoms. The van der Waals surface area contributed by atoms with E-state index in [0.29, 0.717) is 11.8 Å². The second kappa shape index (κ2) is 9.49. The minimum atomic E-state index is 0.0354. The van der Waals surface area contributed by atoms with Crippen LogP contribution >= 0.6 is 0 Å². The molecule has 0 aromatic rings. The van der Waals surface area contributed by atoms with Gasteiger partial charge in [-0.25, -0.2) is 0 Å². The summed E-state index contributed by atoms with van der Waals surface area (Å²) in [5, 5.41) is 0. The molecular formula is C21H39NO. The number of hydrogen-bond donors (Lipinski definition) is 0. The summed E-state index contributed by atoms with van der Waals surface area (Å²) in [5.41, 5.74) is 2.36. The SMILES string of the molecule is CCCCCCCCCC(=O)C1=C(C)N(C(C)C)CCC1(C)C. The summed E-state index contributed by atoms with van der Waals surface area (Å²) in [6, 6.07) is 0.479. The minimum absolute atomic E-state index is 0.0354. The quantitative estimate of drug-likeness (QED) is 0.452. The van der Waals surface area contributed by atoms with Crippen molar-refractivity contribution in [2.24, 2.45) is 5.41 Å². The van der Waals surface area contributed by atoms with E-state index in [9.17, 15) is 4.79 Å². The fourth-order valence-corrected chi connectivity index (χ4v) is 3.92. The highest BCUT2D eigenvalue weighted by atomic mass is 16.1. The maximum Gasteiger partial charge on any atom is 0.161 e. The van der Waals surface area contributed by atoms with Crippen molar-refractivity contribution in [2.45, 2.75) is 105 Å². The Morgan fingerprint density at radius 1 is 1.09 bits per heavy atom. The van der Waals surface area contributed by atoms with Gasteiger partial charge in [-0.2, -0.15) is 0 Å². The Labute approximate surface area is 144 Å². The molecule has 0 N–H and O–H groups in total. The highest BCUT2D eigenvalue weighted by Gasteiger charge is 2.36. The molecule has 0 atom stereocenters. The second-order valence-corrected chi connectivity index (χ2v) is 8.18. The molecule has 0 aromatic heterocycles. The summed E-state index contributed by atoms with van der Waals surface area (Å²) in [4.78, 5) is 15.2. The first-order valence-corrected chi connectivity index (χ1v) is 9.82. The zero-order valence-corrected chi connectivity index (χ0v) is 16.5. The predicted molar refractivity (Wildman–Crippen MR) is 101 cm³/mol. The molecule has 0 fully saturated rings. The summed E-state index contributed by atoms with van der Waals surface area (Å²) in [6.07, 6.45) is 10.7. The number of unbranched alkanes of at least 4 members (excludes halogenated alkanes) is 6. The van der Waals surface area contributed by atoms with Crippen molar-refractivity contribution >= 4 is 5.78 Å². The molecule has 0 saturated heterocycles. The number of Topliss-reactive ketones (excluding diaryl/α,β-unsaturated/α-hetero) is 1. The first-order valence-electron chi connectivity index (χ1n) is 9.82. The first-order chi connectivity index (χ1) is 10.8. The molecule has 23 heavy (non-hydrogen) atoms. The van der Waals surface area contributed by atoms with Crippen molar-refractivity contribution < 1.29 is 4.79 Å². The number of rotatable bonds is 10. The van der Waals surface area contributed by atoms with Gasteiger partial charge in [0, 0.05) is 30.3 Å². The van der Waals surface area contributed by atoms with E-state index < -0.39 is 0 Å². The highest BCUT2D eigenvalue weighted by Crippen LogP contribution is 2.40. The third-order valence-electron chi connectivity index (χ3n) is 5.36. The van der Waals surface area contributed by atoms with Crippen molar-refractivity contribution in [1.82, 2.24) is 4.90 Å². The van der Waals surface area contributed by atoms with Crippen LogP contribution in [0.1, 0.15) is 99.3 Å². The molecule has 1 aliphatic heterocycles. The monoisotopic (exact) mass is 321 g/mol. The second-order valence-electron chi connectivity index (χ2n) is 8.18. The van der Waals surface area contributed by atoms with E-state index in [1.807, 2.05) is 0 Å². The van der Waals surface area contributed by atoms with Gasteiger partial charge >= 0.3 is 0 Å². The van der Waals surface area contributed by atoms with Crippen LogP contribution in [0.25, 0.3) is 0 Å². The van der Waals surface area contributed by atoms with Gasteiger partial charge < -0.3 is 4.90 Å². The average molecular weight is 322 g/mol. The average Bonchev–Trinajstić information content (AvgIpc) is 2.45. The third kappa shape index (κ3) is 5.97. The van der Waals surface area contributed by atoms with Gasteiger partial charge in [0.15, 0.2) is 5.78 Å². The Bertz CT molecular complexity index is 406. The van der Waals surface area contributed by atoms with Crippen molar-refractivity contribution in [1.29, 1.82) is 0 Å². The van der Waals surface area contributed by atoms with E-state index in [4.69, 9.17) is 0 Å². The summed E-state index contributed by atoms with van der Waals surface area (Å²) in [6.45, 7) is 14.4. The Morgan fingerprint density at radius 2 is 1.65 bits per heavy atom. The van der Waals surface area contributed by atoms with Crippen LogP contribution in [0.2, 0.25) is 0 Å². The molecule has 0 amide bonds. The number of allylic oxidation sites excluding steroid dienone is 2. The van der Waals surface area contributed by atoms with Crippen LogP contribution in [-0.4, -0.2) is 23.3 Å². The fourth-order valence-electron chi connectivity index (χ4n) is 3.92. The van der Waals surface area contributed by atoms with Gasteiger partial charge in [-0.1, -0.05) is 59.3 Å². The first kappa shape index (κ1) is 20.3. The topological polar surface area (TPSA) is 20.3 Å². The number of nitrogens with zero attached hydrogens (tertiary/aromatic N) is 1. The van der Waals surface area contributed by atoms with Crippen LogP contribution in [0.4, 0.5) is 0 Å². The van der Waals surface area contributed by atoms with Crippen LogP contribution in [-0.2, 0) is 4.79 Å². The van der Waals surface area contributed by atoms with E-state index in [0.717, 1.165) is 31.4 Å². The lowest BCUT2D eigenvalue weighted by molar-refractivity contribution is -0.117. The van der Waals surface area contributed by atoms with E-state index in [-0.39, 0.29) is 5.41 Å². The van der Waals surface area contributed by atoms with Gasteiger partial charge in [0.1, 0.15) is 0 Å². The maximum atomic E-state index is 12.8. The lowest BCUT2D eigenvalue weighted by atomic mass is 9.74. The Morgan fingerprint density at radius 3 is 2.22 bits per heavy atom. The van der Waals surface area contributed by atoms with E-state index in [2.05, 4.69) is 46.4 Å². The van der Waals surface area contributed by atoms with Gasteiger partial charge in [0.25, 0.3) is 0 Å². The summed E-state index contributed by atoms with van der Waals surface area (Å²) < 4.78 is 0. The zero-order chi connectivity index (χ0) is 17.5. The van der Waals surface area contributed by atoms with Gasteiger partial charge in [0.05, 0.1) is 0 Å². The van der Waals surface area contributed by atoms with E-state index in [1.165, 1.54) is 44.2 Å². The predicted octanol–water partition coefficient (Wildman–Crippen LogP) is 6.11. The van der Waals surface area contributed by atoms with Crippen molar-refractivity contribution in [3.05, 3.63) is 11.3 Å². The number of carbonyl (C=O) groups excluding carboxylic acids is 1. The van der Waals surface area contributed by atoms with Crippen LogP contribution in [0.15, 0.2) is 11.3 Å². The number of carbonyl (C=O) groups is 1. The Hall–Kier alpha value is -0.790. The van der Waals surface area contributed by atoms with Crippen LogP contribution in [0.5, 0.6) is 0 Å². The lowest BCUT2D eigenvalue weighted by Gasteiger charge is -2.42. The highest BCUT2D eigenvalue weighted by molar-refractivity contribution is 5.97. The van der Waals surface area contributed by atoms with Gasteiger partial charge in [-0.05, 0) is 39.0 Å². The zero-order valence-electron chi connectivity index (χ0n) is 16.5. The molecular weight excluding hydrogens is 282 g/mol. The Kier molecular flexibility index (Phi) is 8.36. The van der Waals surface area contributed by atoms with Crippen molar-refractivity contribution in [2.75, 3.05) is 6.54 Å². The fraction of sp³-hybridized carbons (Fsp3) is 0.857. The molecule has 0 radical (unpaired) electrons. The molecule has 0 aromatic carbocycles. The Balaban J connectivity index is 2.56. The van der Waals surface area contributed by atoms with Crippen LogP contribution < -0.4 is 0 Å². The summed E-state index contributed by atoms with van der Waals surface area (Å²) in [5.74, 6) is 0.395. The largest absolute Gasteiger partial charge is 0.372 e. The minimum Gasteiger partial charge on any atom is -0.372 e. The van der Waals surface area contributed by atoms with Gasteiger partial charge in [-0.3, -0.25) is 4.79 Å². The van der Waals surface area contributed by atoms with E-state index >= 15 is 0 Å². The van der Waals surface area contributed by atoms with Crippen LogP contribution in [0, 0.1) is 5.41 Å². The molecule has 1 rings (SSSR count). The third-order valence-corrected chi connectivity index (χ3v) is 5.36. The van der Waals surface area contributed by atoms with Gasteiger partial charge in [-0.15, -0.1) is 0 Å². The molecule has 0 saturated carbocycles. The van der Waals surface area contributed by atoms with Crippen molar-refractivity contribution in [3.8, 4) is 0 Å². The van der Waals surface area contributed by atoms with Gasteiger partial charge in [0.2, 0.25) is 0 Å². The van der Waals surface area contributed by atoms with Crippen molar-refractivity contribution in [3.63, 3.8) is 0 Å². The molecule has 0 aliphatic carbocycles. The molecule has 1 heterocycles. The summed E-state index contributed by atoms with van der Waals surface area (Å²) >= 11 is 0. The molecule has 0 bridgehead atoms. The molecule has 134 valence electrons. The number of ketones is 1. The molecule has 2 nitrogen and oxygen atoms in total. The lowest BCUT2D eigenvalue weighted by Crippen LogP contribution is -2.41. The standard InChI is InChI=1S/C21H39NO/c1-7-8-9-10-11-12-13-14-19(23)20-18(4)22(17(2)3)16-15-21(20,5)6/h17H,7-16H2,1-6H3. The van der Waals surface area contributed by atoms with Crippen LogP contribution in [0.3, 0.4) is 0 Å². The smallest absolute Gasteiger partial charge is 0.161 e. The maximum absolute atomic E-state index is 12.8. The molecule has 0 unspecified atom stereocenters. The molecule has 0 spiro atoms. The van der Waals surface area contributed by atoms with E-state index in [1.54, 1.807) is 0 Å². The summed E-state index contributed by atoms with van der Waals surface area (Å²) in [7, 11) is 0. The molecule has 1 aliphatic rings. The normalized spacial score (nSPS) is 18.0.